The smallest absolute Gasteiger partial charge is 0.328 e. The molecule has 1 amide bonds. The molecule has 3 N–H and O–H groups in total. The van der Waals surface area contributed by atoms with E-state index in [0.717, 1.165) is 10.1 Å². The number of benzene rings is 1. The van der Waals surface area contributed by atoms with Crippen molar-refractivity contribution in [1.29, 1.82) is 0 Å². The van der Waals surface area contributed by atoms with E-state index in [0.29, 0.717) is 19.3 Å². The van der Waals surface area contributed by atoms with E-state index in [1.807, 2.05) is 30.3 Å². The highest BCUT2D eigenvalue weighted by Crippen LogP contribution is 2.31. The lowest BCUT2D eigenvalue weighted by molar-refractivity contribution is -0.122. The molecule has 26 heavy (non-hydrogen) atoms. The molecule has 0 spiro atoms. The van der Waals surface area contributed by atoms with E-state index in [2.05, 4.69) is 10.3 Å². The first kappa shape index (κ1) is 18.1. The number of aromatic nitrogens is 2. The zero-order valence-electron chi connectivity index (χ0n) is 14.6. The lowest BCUT2D eigenvalue weighted by atomic mass is 9.75. The number of amides is 1. The first-order valence-corrected chi connectivity index (χ1v) is 8.73. The summed E-state index contributed by atoms with van der Waals surface area (Å²) < 4.78 is 0.951. The van der Waals surface area contributed by atoms with Crippen molar-refractivity contribution >= 4 is 5.91 Å². The van der Waals surface area contributed by atoms with Gasteiger partial charge < -0.3 is 15.4 Å². The Morgan fingerprint density at radius 3 is 2.65 bits per heavy atom. The van der Waals surface area contributed by atoms with Crippen molar-refractivity contribution < 1.29 is 9.90 Å². The Kier molecular flexibility index (Phi) is 5.37. The third kappa shape index (κ3) is 4.11. The van der Waals surface area contributed by atoms with Crippen LogP contribution in [-0.4, -0.2) is 32.7 Å². The van der Waals surface area contributed by atoms with Gasteiger partial charge in [0.1, 0.15) is 0 Å². The summed E-state index contributed by atoms with van der Waals surface area (Å²) in [6.07, 6.45) is 2.90. The van der Waals surface area contributed by atoms with Crippen molar-refractivity contribution in [2.75, 3.05) is 0 Å². The number of hydrogen-bond acceptors (Lipinski definition) is 4. The largest absolute Gasteiger partial charge is 0.393 e. The second kappa shape index (κ2) is 7.70. The lowest BCUT2D eigenvalue weighted by Crippen LogP contribution is -2.49. The van der Waals surface area contributed by atoms with Gasteiger partial charge in [-0.1, -0.05) is 30.3 Å². The molecule has 1 heterocycles. The maximum Gasteiger partial charge on any atom is 0.328 e. The molecule has 2 aromatic rings. The second-order valence-corrected chi connectivity index (χ2v) is 6.91. The molecular weight excluding hydrogens is 334 g/mol. The zero-order valence-corrected chi connectivity index (χ0v) is 14.6. The Balaban J connectivity index is 1.70. The summed E-state index contributed by atoms with van der Waals surface area (Å²) in [5.74, 6) is -0.0518. The molecule has 1 aliphatic carbocycles. The predicted octanol–water partition coefficient (Wildman–Crippen LogP) is 0.114. The van der Waals surface area contributed by atoms with E-state index in [1.54, 1.807) is 0 Å². The third-order valence-corrected chi connectivity index (χ3v) is 4.97. The van der Waals surface area contributed by atoms with E-state index >= 15 is 0 Å². The number of carbonyl (C=O) groups is 1. The minimum Gasteiger partial charge on any atom is -0.393 e. The molecule has 1 fully saturated rings. The van der Waals surface area contributed by atoms with Gasteiger partial charge in [-0.15, -0.1) is 0 Å². The molecule has 1 unspecified atom stereocenters. The van der Waals surface area contributed by atoms with Gasteiger partial charge in [0, 0.05) is 24.8 Å². The van der Waals surface area contributed by atoms with Crippen molar-refractivity contribution in [3.05, 3.63) is 68.5 Å². The molecule has 1 aromatic heterocycles. The van der Waals surface area contributed by atoms with Crippen LogP contribution in [0.15, 0.2) is 46.1 Å². The molecule has 0 aliphatic heterocycles. The van der Waals surface area contributed by atoms with E-state index in [-0.39, 0.29) is 36.0 Å². The number of aliphatic hydroxyl groups excluding tert-OH is 1. The fourth-order valence-corrected chi connectivity index (χ4v) is 3.33. The highest BCUT2D eigenvalue weighted by molar-refractivity contribution is 5.78. The van der Waals surface area contributed by atoms with Gasteiger partial charge in [-0.25, -0.2) is 4.79 Å². The standard InChI is InChI=1S/C19H23N3O4/c1-22-18(25)14(11-20-19(22)26)10-17(24)21-16(13-8-15(23)9-13)7-12-5-3-2-4-6-12/h2-6,11,13,15-16,23H,7-10H2,1H3,(H,20,26)(H,21,24). The van der Waals surface area contributed by atoms with Crippen LogP contribution in [0.2, 0.25) is 0 Å². The zero-order chi connectivity index (χ0) is 18.7. The van der Waals surface area contributed by atoms with Crippen molar-refractivity contribution in [1.82, 2.24) is 14.9 Å². The average molecular weight is 357 g/mol. The Hall–Kier alpha value is -2.67. The number of nitrogens with one attached hydrogen (secondary N) is 2. The van der Waals surface area contributed by atoms with Crippen LogP contribution in [0.4, 0.5) is 0 Å². The first-order chi connectivity index (χ1) is 12.4. The molecule has 7 heteroatoms. The number of nitrogens with zero attached hydrogens (tertiary/aromatic N) is 1. The number of hydrogen-bond donors (Lipinski definition) is 3. The number of H-pyrrole nitrogens is 1. The molecule has 138 valence electrons. The molecular formula is C19H23N3O4. The molecule has 0 radical (unpaired) electrons. The van der Waals surface area contributed by atoms with Crippen LogP contribution in [0.3, 0.4) is 0 Å². The van der Waals surface area contributed by atoms with Gasteiger partial charge in [-0.3, -0.25) is 14.2 Å². The predicted molar refractivity (Wildman–Crippen MR) is 96.8 cm³/mol. The van der Waals surface area contributed by atoms with Gasteiger partial charge in [0.05, 0.1) is 12.5 Å². The number of aromatic amines is 1. The average Bonchev–Trinajstić information content (AvgIpc) is 2.60. The molecule has 7 nitrogen and oxygen atoms in total. The van der Waals surface area contributed by atoms with Gasteiger partial charge in [-0.2, -0.15) is 0 Å². The summed E-state index contributed by atoms with van der Waals surface area (Å²) in [5.41, 5.74) is 0.378. The molecule has 3 rings (SSSR count). The van der Waals surface area contributed by atoms with Crippen LogP contribution < -0.4 is 16.6 Å². The van der Waals surface area contributed by atoms with Gasteiger partial charge in [0.2, 0.25) is 5.91 Å². The van der Waals surface area contributed by atoms with Crippen molar-refractivity contribution in [2.24, 2.45) is 13.0 Å². The fraction of sp³-hybridized carbons (Fsp3) is 0.421. The molecule has 0 saturated heterocycles. The molecule has 1 saturated carbocycles. The summed E-state index contributed by atoms with van der Waals surface area (Å²) in [5, 5.41) is 12.6. The van der Waals surface area contributed by atoms with E-state index in [1.165, 1.54) is 13.2 Å². The molecule has 1 aliphatic rings. The summed E-state index contributed by atoms with van der Waals surface area (Å²) in [7, 11) is 1.37. The van der Waals surface area contributed by atoms with Gasteiger partial charge >= 0.3 is 5.69 Å². The number of rotatable bonds is 6. The highest BCUT2D eigenvalue weighted by atomic mass is 16.3. The monoisotopic (exact) mass is 357 g/mol. The van der Waals surface area contributed by atoms with Crippen molar-refractivity contribution in [3.63, 3.8) is 0 Å². The quantitative estimate of drug-likeness (QED) is 0.683. The number of aliphatic hydroxyl groups is 1. The molecule has 0 bridgehead atoms. The van der Waals surface area contributed by atoms with Crippen LogP contribution in [0.25, 0.3) is 0 Å². The topological polar surface area (TPSA) is 104 Å². The Bertz CT molecular complexity index is 882. The minimum atomic E-state index is -0.510. The van der Waals surface area contributed by atoms with Gasteiger partial charge in [-0.05, 0) is 30.7 Å². The van der Waals surface area contributed by atoms with E-state index < -0.39 is 11.2 Å². The normalized spacial score (nSPS) is 20.2. The Labute approximate surface area is 150 Å². The Morgan fingerprint density at radius 1 is 1.31 bits per heavy atom. The van der Waals surface area contributed by atoms with Gasteiger partial charge in [0.15, 0.2) is 0 Å². The second-order valence-electron chi connectivity index (χ2n) is 6.91. The minimum absolute atomic E-state index is 0.0932. The summed E-state index contributed by atoms with van der Waals surface area (Å²) >= 11 is 0. The summed E-state index contributed by atoms with van der Waals surface area (Å²) in [6, 6.07) is 9.76. The van der Waals surface area contributed by atoms with Crippen LogP contribution in [0.1, 0.15) is 24.0 Å². The highest BCUT2D eigenvalue weighted by Gasteiger charge is 2.34. The van der Waals surface area contributed by atoms with Crippen molar-refractivity contribution in [3.8, 4) is 0 Å². The first-order valence-electron chi connectivity index (χ1n) is 8.73. The third-order valence-electron chi connectivity index (χ3n) is 4.97. The van der Waals surface area contributed by atoms with Crippen LogP contribution >= 0.6 is 0 Å². The molecule has 1 atom stereocenters. The lowest BCUT2D eigenvalue weighted by Gasteiger charge is -2.38. The summed E-state index contributed by atoms with van der Waals surface area (Å²) in [6.45, 7) is 0. The maximum absolute atomic E-state index is 12.5. The maximum atomic E-state index is 12.5. The number of carbonyl (C=O) groups excluding carboxylic acids is 1. The Morgan fingerprint density at radius 2 is 2.00 bits per heavy atom. The van der Waals surface area contributed by atoms with E-state index in [4.69, 9.17) is 0 Å². The fourth-order valence-electron chi connectivity index (χ4n) is 3.33. The summed E-state index contributed by atoms with van der Waals surface area (Å²) in [4.78, 5) is 38.4. The van der Waals surface area contributed by atoms with E-state index in [9.17, 15) is 19.5 Å². The molecule has 1 aromatic carbocycles. The van der Waals surface area contributed by atoms with Gasteiger partial charge in [0.25, 0.3) is 5.56 Å². The van der Waals surface area contributed by atoms with Crippen LogP contribution in [-0.2, 0) is 24.7 Å². The van der Waals surface area contributed by atoms with Crippen LogP contribution in [0.5, 0.6) is 0 Å². The SMILES string of the molecule is Cn1c(=O)[nH]cc(CC(=O)NC(Cc2ccccc2)C2CC(O)C2)c1=O. The van der Waals surface area contributed by atoms with Crippen LogP contribution in [0, 0.1) is 5.92 Å². The van der Waals surface area contributed by atoms with Crippen molar-refractivity contribution in [2.45, 2.75) is 37.8 Å².